The first-order valence-electron chi connectivity index (χ1n) is 8.79. The summed E-state index contributed by atoms with van der Waals surface area (Å²) in [4.78, 5) is 30.7. The van der Waals surface area contributed by atoms with Crippen molar-refractivity contribution in [2.24, 2.45) is 0 Å². The van der Waals surface area contributed by atoms with Gasteiger partial charge in [-0.25, -0.2) is 4.98 Å². The van der Waals surface area contributed by atoms with Gasteiger partial charge in [-0.05, 0) is 28.1 Å². The fraction of sp³-hybridized carbons (Fsp3) is 0.0526. The lowest BCUT2D eigenvalue weighted by Crippen LogP contribution is -2.16. The Morgan fingerprint density at radius 3 is 2.44 bits per heavy atom. The number of nitrogens with one attached hydrogen (secondary N) is 1. The van der Waals surface area contributed by atoms with Crippen molar-refractivity contribution < 1.29 is 22.9 Å². The van der Waals surface area contributed by atoms with Gasteiger partial charge in [-0.1, -0.05) is 30.3 Å². The molecule has 0 bridgehead atoms. The standard InChI is InChI=1S/C19H10BrF3N6O3/c20-12-8-11(29(31)32)6-7-13(12)24-17(30)16-26-18-25-14(10-4-2-1-3-5-10)9-15(19(21,22)23)28(18)27-16/h1-9H,(H,24,30). The van der Waals surface area contributed by atoms with Crippen molar-refractivity contribution in [3.05, 3.63) is 80.7 Å². The fourth-order valence-corrected chi connectivity index (χ4v) is 3.29. The number of aromatic nitrogens is 4. The highest BCUT2D eigenvalue weighted by molar-refractivity contribution is 9.10. The molecule has 0 spiro atoms. The van der Waals surface area contributed by atoms with Crippen LogP contribution >= 0.6 is 15.9 Å². The summed E-state index contributed by atoms with van der Waals surface area (Å²) in [6.45, 7) is 0. The molecule has 0 saturated heterocycles. The van der Waals surface area contributed by atoms with Crippen molar-refractivity contribution in [1.82, 2.24) is 19.6 Å². The van der Waals surface area contributed by atoms with E-state index in [0.29, 0.717) is 10.1 Å². The highest BCUT2D eigenvalue weighted by Gasteiger charge is 2.36. The van der Waals surface area contributed by atoms with Gasteiger partial charge < -0.3 is 5.32 Å². The number of rotatable bonds is 4. The summed E-state index contributed by atoms with van der Waals surface area (Å²) in [5.74, 6) is -1.88. The van der Waals surface area contributed by atoms with Gasteiger partial charge >= 0.3 is 6.18 Å². The van der Waals surface area contributed by atoms with Crippen LogP contribution in [0, 0.1) is 10.1 Å². The lowest BCUT2D eigenvalue weighted by molar-refractivity contribution is -0.384. The highest BCUT2D eigenvalue weighted by atomic mass is 79.9. The molecule has 0 radical (unpaired) electrons. The number of anilines is 1. The maximum absolute atomic E-state index is 13.6. The van der Waals surface area contributed by atoms with E-state index in [1.54, 1.807) is 30.3 Å². The first-order valence-corrected chi connectivity index (χ1v) is 9.58. The summed E-state index contributed by atoms with van der Waals surface area (Å²) >= 11 is 3.10. The monoisotopic (exact) mass is 506 g/mol. The van der Waals surface area contributed by atoms with E-state index in [-0.39, 0.29) is 21.5 Å². The van der Waals surface area contributed by atoms with Gasteiger partial charge in [-0.3, -0.25) is 14.9 Å². The molecule has 4 rings (SSSR count). The predicted molar refractivity (Wildman–Crippen MR) is 110 cm³/mol. The molecule has 0 atom stereocenters. The number of fused-ring (bicyclic) bond motifs is 1. The third kappa shape index (κ3) is 4.14. The van der Waals surface area contributed by atoms with E-state index in [2.05, 4.69) is 36.3 Å². The molecule has 2 aromatic heterocycles. The van der Waals surface area contributed by atoms with Crippen LogP contribution in [0.1, 0.15) is 16.3 Å². The Hall–Kier alpha value is -3.87. The summed E-state index contributed by atoms with van der Waals surface area (Å²) in [6.07, 6.45) is -4.78. The number of hydrogen-bond donors (Lipinski definition) is 1. The van der Waals surface area contributed by atoms with Gasteiger partial charge in [0.15, 0.2) is 5.69 Å². The molecule has 1 N–H and O–H groups in total. The highest BCUT2D eigenvalue weighted by Crippen LogP contribution is 2.32. The molecule has 0 fully saturated rings. The SMILES string of the molecule is O=C(Nc1ccc([N+](=O)[O-])cc1Br)c1nc2nc(-c3ccccc3)cc(C(F)(F)F)n2n1. The summed E-state index contributed by atoms with van der Waals surface area (Å²) in [7, 11) is 0. The number of nitro groups is 1. The maximum Gasteiger partial charge on any atom is 0.433 e. The minimum absolute atomic E-state index is 0.0166. The molecule has 0 aliphatic carbocycles. The van der Waals surface area contributed by atoms with E-state index in [1.165, 1.54) is 12.1 Å². The van der Waals surface area contributed by atoms with Crippen LogP contribution in [0.25, 0.3) is 17.0 Å². The summed E-state index contributed by atoms with van der Waals surface area (Å²) < 4.78 is 41.6. The summed E-state index contributed by atoms with van der Waals surface area (Å²) in [6, 6.07) is 12.6. The number of amides is 1. The third-order valence-electron chi connectivity index (χ3n) is 4.29. The van der Waals surface area contributed by atoms with Crippen molar-refractivity contribution in [3.8, 4) is 11.3 Å². The molecule has 4 aromatic rings. The smallest absolute Gasteiger partial charge is 0.318 e. The van der Waals surface area contributed by atoms with E-state index in [1.807, 2.05) is 0 Å². The van der Waals surface area contributed by atoms with Gasteiger partial charge in [0.25, 0.3) is 17.4 Å². The topological polar surface area (TPSA) is 115 Å². The molecule has 1 amide bonds. The average molecular weight is 507 g/mol. The quantitative estimate of drug-likeness (QED) is 0.316. The molecule has 162 valence electrons. The van der Waals surface area contributed by atoms with Crippen molar-refractivity contribution in [1.29, 1.82) is 0 Å². The number of halogens is 4. The van der Waals surface area contributed by atoms with Crippen LogP contribution in [0.4, 0.5) is 24.5 Å². The molecule has 0 aliphatic rings. The molecular formula is C19H10BrF3N6O3. The van der Waals surface area contributed by atoms with Crippen LogP contribution in [-0.4, -0.2) is 30.4 Å². The normalized spacial score (nSPS) is 11.5. The lowest BCUT2D eigenvalue weighted by Gasteiger charge is -2.10. The van der Waals surface area contributed by atoms with Crippen LogP contribution in [0.5, 0.6) is 0 Å². The van der Waals surface area contributed by atoms with Crippen molar-refractivity contribution >= 4 is 39.0 Å². The van der Waals surface area contributed by atoms with Crippen LogP contribution in [0.15, 0.2) is 59.1 Å². The summed E-state index contributed by atoms with van der Waals surface area (Å²) in [5.41, 5.74) is -0.766. The average Bonchev–Trinajstić information content (AvgIpc) is 3.18. The van der Waals surface area contributed by atoms with Gasteiger partial charge in [0.2, 0.25) is 5.82 Å². The van der Waals surface area contributed by atoms with Gasteiger partial charge in [0.05, 0.1) is 16.3 Å². The molecule has 0 unspecified atom stereocenters. The zero-order valence-electron chi connectivity index (χ0n) is 15.7. The molecule has 2 aromatic carbocycles. The van der Waals surface area contributed by atoms with Crippen molar-refractivity contribution in [3.63, 3.8) is 0 Å². The van der Waals surface area contributed by atoms with Crippen molar-refractivity contribution in [2.45, 2.75) is 6.18 Å². The Labute approximate surface area is 185 Å². The molecule has 0 saturated carbocycles. The Kier molecular flexibility index (Phi) is 5.34. The number of nitro benzene ring substituents is 1. The fourth-order valence-electron chi connectivity index (χ4n) is 2.82. The summed E-state index contributed by atoms with van der Waals surface area (Å²) in [5, 5.41) is 16.9. The number of benzene rings is 2. The minimum atomic E-state index is -4.78. The van der Waals surface area contributed by atoms with Gasteiger partial charge in [-0.2, -0.15) is 22.7 Å². The second-order valence-corrected chi connectivity index (χ2v) is 7.27. The van der Waals surface area contributed by atoms with E-state index in [4.69, 9.17) is 0 Å². The van der Waals surface area contributed by atoms with Gasteiger partial charge in [0.1, 0.15) is 0 Å². The Bertz CT molecular complexity index is 1360. The molecule has 9 nitrogen and oxygen atoms in total. The Balaban J connectivity index is 1.74. The van der Waals surface area contributed by atoms with E-state index < -0.39 is 34.3 Å². The number of nitrogens with zero attached hydrogens (tertiary/aromatic N) is 5. The lowest BCUT2D eigenvalue weighted by atomic mass is 10.1. The molecular weight excluding hydrogens is 497 g/mol. The Morgan fingerprint density at radius 1 is 1.09 bits per heavy atom. The maximum atomic E-state index is 13.6. The van der Waals surface area contributed by atoms with Crippen LogP contribution < -0.4 is 5.32 Å². The van der Waals surface area contributed by atoms with Gasteiger partial charge in [-0.15, -0.1) is 5.10 Å². The Morgan fingerprint density at radius 2 is 1.81 bits per heavy atom. The predicted octanol–water partition coefficient (Wildman–Crippen LogP) is 4.73. The second kappa shape index (κ2) is 8.00. The number of carbonyl (C=O) groups excluding carboxylic acids is 1. The molecule has 13 heteroatoms. The van der Waals surface area contributed by atoms with Gasteiger partial charge in [0, 0.05) is 22.2 Å². The minimum Gasteiger partial charge on any atom is -0.318 e. The zero-order valence-corrected chi connectivity index (χ0v) is 17.3. The van der Waals surface area contributed by atoms with E-state index in [0.717, 1.165) is 12.1 Å². The first-order chi connectivity index (χ1) is 15.1. The second-order valence-electron chi connectivity index (χ2n) is 6.41. The van der Waals surface area contributed by atoms with E-state index in [9.17, 15) is 28.1 Å². The zero-order chi connectivity index (χ0) is 23.0. The van der Waals surface area contributed by atoms with Crippen LogP contribution in [0.2, 0.25) is 0 Å². The molecule has 32 heavy (non-hydrogen) atoms. The number of carbonyl (C=O) groups is 1. The van der Waals surface area contributed by atoms with Crippen LogP contribution in [0.3, 0.4) is 0 Å². The van der Waals surface area contributed by atoms with Crippen molar-refractivity contribution in [2.75, 3.05) is 5.32 Å². The number of alkyl halides is 3. The number of hydrogen-bond acceptors (Lipinski definition) is 6. The third-order valence-corrected chi connectivity index (χ3v) is 4.94. The van der Waals surface area contributed by atoms with E-state index >= 15 is 0 Å². The molecule has 0 aliphatic heterocycles. The largest absolute Gasteiger partial charge is 0.433 e. The molecule has 2 heterocycles. The van der Waals surface area contributed by atoms with Crippen LogP contribution in [-0.2, 0) is 6.18 Å². The number of non-ortho nitro benzene ring substituents is 1. The first kappa shape index (κ1) is 21.4.